The average Bonchev–Trinajstić information content (AvgIpc) is 2.46. The van der Waals surface area contributed by atoms with Crippen LogP contribution in [0, 0.1) is 6.92 Å². The first-order valence-corrected chi connectivity index (χ1v) is 7.51. The van der Waals surface area contributed by atoms with Crippen molar-refractivity contribution in [3.8, 4) is 5.75 Å². The van der Waals surface area contributed by atoms with E-state index in [4.69, 9.17) is 16.3 Å². The van der Waals surface area contributed by atoms with E-state index in [1.807, 2.05) is 19.1 Å². The lowest BCUT2D eigenvalue weighted by Gasteiger charge is -2.29. The summed E-state index contributed by atoms with van der Waals surface area (Å²) in [4.78, 5) is 25.6. The molecule has 1 amide bonds. The zero-order valence-corrected chi connectivity index (χ0v) is 13.3. The highest BCUT2D eigenvalue weighted by molar-refractivity contribution is 6.30. The van der Waals surface area contributed by atoms with Crippen LogP contribution in [0.3, 0.4) is 0 Å². The van der Waals surface area contributed by atoms with E-state index in [1.54, 1.807) is 35.2 Å². The molecule has 0 aliphatic carbocycles. The molecule has 5 nitrogen and oxygen atoms in total. The summed E-state index contributed by atoms with van der Waals surface area (Å²) in [7, 11) is 0. The number of nitrogens with one attached hydrogen (secondary N) is 1. The molecule has 2 aromatic carbocycles. The van der Waals surface area contributed by atoms with E-state index < -0.39 is 0 Å². The molecule has 0 bridgehead atoms. The van der Waals surface area contributed by atoms with Gasteiger partial charge in [0.1, 0.15) is 6.54 Å². The summed E-state index contributed by atoms with van der Waals surface area (Å²) < 4.78 is 5.23. The fourth-order valence-corrected chi connectivity index (χ4v) is 2.63. The van der Waals surface area contributed by atoms with Crippen molar-refractivity contribution in [1.82, 2.24) is 0 Å². The Morgan fingerprint density at radius 3 is 2.91 bits per heavy atom. The molecule has 0 unspecified atom stereocenters. The SMILES string of the molecule is Cc1ccc2c(c1)OC(=O)CN2CC(=O)Nc1cccc(Cl)c1. The second-order valence-corrected chi connectivity index (χ2v) is 5.80. The maximum atomic E-state index is 12.2. The van der Waals surface area contributed by atoms with Crippen LogP contribution in [0.1, 0.15) is 5.56 Å². The number of fused-ring (bicyclic) bond motifs is 1. The molecule has 0 fully saturated rings. The molecule has 0 radical (unpaired) electrons. The molecule has 0 saturated heterocycles. The van der Waals surface area contributed by atoms with Crippen molar-refractivity contribution in [3.05, 3.63) is 53.1 Å². The minimum Gasteiger partial charge on any atom is -0.423 e. The molecule has 23 heavy (non-hydrogen) atoms. The van der Waals surface area contributed by atoms with Gasteiger partial charge in [-0.2, -0.15) is 0 Å². The summed E-state index contributed by atoms with van der Waals surface area (Å²) in [5, 5.41) is 3.32. The molecule has 1 aliphatic heterocycles. The molecular weight excluding hydrogens is 316 g/mol. The number of carbonyl (C=O) groups is 2. The second kappa shape index (κ2) is 6.30. The fraction of sp³-hybridized carbons (Fsp3) is 0.176. The van der Waals surface area contributed by atoms with Gasteiger partial charge in [0.2, 0.25) is 5.91 Å². The zero-order valence-electron chi connectivity index (χ0n) is 12.5. The number of halogens is 1. The van der Waals surface area contributed by atoms with E-state index in [0.29, 0.717) is 16.5 Å². The highest BCUT2D eigenvalue weighted by Crippen LogP contribution is 2.32. The number of amides is 1. The number of esters is 1. The lowest BCUT2D eigenvalue weighted by Crippen LogP contribution is -2.41. The van der Waals surface area contributed by atoms with E-state index in [0.717, 1.165) is 11.3 Å². The monoisotopic (exact) mass is 330 g/mol. The lowest BCUT2D eigenvalue weighted by atomic mass is 10.1. The first-order chi connectivity index (χ1) is 11.0. The van der Waals surface area contributed by atoms with Gasteiger partial charge in [0.25, 0.3) is 0 Å². The fourth-order valence-electron chi connectivity index (χ4n) is 2.44. The summed E-state index contributed by atoms with van der Waals surface area (Å²) >= 11 is 5.90. The van der Waals surface area contributed by atoms with Crippen molar-refractivity contribution in [3.63, 3.8) is 0 Å². The van der Waals surface area contributed by atoms with Crippen molar-refractivity contribution in [1.29, 1.82) is 0 Å². The summed E-state index contributed by atoms with van der Waals surface area (Å²) in [6.07, 6.45) is 0. The topological polar surface area (TPSA) is 58.6 Å². The zero-order chi connectivity index (χ0) is 16.4. The standard InChI is InChI=1S/C17H15ClN2O3/c1-11-5-6-14-15(7-11)23-17(22)10-20(14)9-16(21)19-13-4-2-3-12(18)8-13/h2-8H,9-10H2,1H3,(H,19,21). The van der Waals surface area contributed by atoms with Crippen LogP contribution in [0.25, 0.3) is 0 Å². The number of rotatable bonds is 3. The van der Waals surface area contributed by atoms with E-state index in [1.165, 1.54) is 0 Å². The van der Waals surface area contributed by atoms with Gasteiger partial charge in [-0.05, 0) is 42.8 Å². The predicted octanol–water partition coefficient (Wildman–Crippen LogP) is 3.01. The van der Waals surface area contributed by atoms with Gasteiger partial charge in [-0.25, -0.2) is 4.79 Å². The first kappa shape index (κ1) is 15.4. The summed E-state index contributed by atoms with van der Waals surface area (Å²) in [6, 6.07) is 12.5. The largest absolute Gasteiger partial charge is 0.423 e. The molecule has 1 aliphatic rings. The number of nitrogens with zero attached hydrogens (tertiary/aromatic N) is 1. The number of benzene rings is 2. The molecule has 3 rings (SSSR count). The van der Waals surface area contributed by atoms with Crippen LogP contribution in [0.15, 0.2) is 42.5 Å². The maximum absolute atomic E-state index is 12.2. The van der Waals surface area contributed by atoms with Crippen LogP contribution in [0.4, 0.5) is 11.4 Å². The third-order valence-electron chi connectivity index (χ3n) is 3.44. The molecule has 2 aromatic rings. The van der Waals surface area contributed by atoms with Crippen molar-refractivity contribution < 1.29 is 14.3 Å². The highest BCUT2D eigenvalue weighted by atomic mass is 35.5. The number of carbonyl (C=O) groups excluding carboxylic acids is 2. The van der Waals surface area contributed by atoms with Gasteiger partial charge in [0, 0.05) is 10.7 Å². The molecule has 6 heteroatoms. The number of hydrogen-bond acceptors (Lipinski definition) is 4. The van der Waals surface area contributed by atoms with Crippen molar-refractivity contribution in [2.24, 2.45) is 0 Å². The Hall–Kier alpha value is -2.53. The molecule has 1 N–H and O–H groups in total. The molecule has 0 atom stereocenters. The van der Waals surface area contributed by atoms with Crippen LogP contribution in [0.5, 0.6) is 5.75 Å². The lowest BCUT2D eigenvalue weighted by molar-refractivity contribution is -0.133. The Kier molecular flexibility index (Phi) is 4.21. The van der Waals surface area contributed by atoms with Crippen LogP contribution in [0.2, 0.25) is 5.02 Å². The Bertz CT molecular complexity index is 776. The van der Waals surface area contributed by atoms with E-state index in [9.17, 15) is 9.59 Å². The number of ether oxygens (including phenoxy) is 1. The van der Waals surface area contributed by atoms with Crippen LogP contribution in [-0.4, -0.2) is 25.0 Å². The van der Waals surface area contributed by atoms with Gasteiger partial charge in [0.05, 0.1) is 12.2 Å². The molecule has 118 valence electrons. The van der Waals surface area contributed by atoms with Crippen LogP contribution >= 0.6 is 11.6 Å². The van der Waals surface area contributed by atoms with Crippen LogP contribution < -0.4 is 15.0 Å². The summed E-state index contributed by atoms with van der Waals surface area (Å²) in [6.45, 7) is 2.01. The number of hydrogen-bond donors (Lipinski definition) is 1. The third kappa shape index (κ3) is 3.63. The quantitative estimate of drug-likeness (QED) is 0.694. The summed E-state index contributed by atoms with van der Waals surface area (Å²) in [5.41, 5.74) is 2.34. The van der Waals surface area contributed by atoms with Crippen molar-refractivity contribution in [2.75, 3.05) is 23.3 Å². The molecule has 0 saturated carbocycles. The molecule has 0 aromatic heterocycles. The number of aryl methyl sites for hydroxylation is 1. The van der Waals surface area contributed by atoms with Crippen molar-refractivity contribution in [2.45, 2.75) is 6.92 Å². The van der Waals surface area contributed by atoms with Gasteiger partial charge in [0.15, 0.2) is 5.75 Å². The maximum Gasteiger partial charge on any atom is 0.331 e. The Morgan fingerprint density at radius 2 is 2.13 bits per heavy atom. The molecular formula is C17H15ClN2O3. The van der Waals surface area contributed by atoms with E-state index in [-0.39, 0.29) is 25.0 Å². The predicted molar refractivity (Wildman–Crippen MR) is 89.1 cm³/mol. The van der Waals surface area contributed by atoms with Gasteiger partial charge in [-0.1, -0.05) is 23.7 Å². The minimum atomic E-state index is -0.376. The van der Waals surface area contributed by atoms with Gasteiger partial charge in [-0.3, -0.25) is 4.79 Å². The molecule has 1 heterocycles. The van der Waals surface area contributed by atoms with Gasteiger partial charge in [-0.15, -0.1) is 0 Å². The first-order valence-electron chi connectivity index (χ1n) is 7.13. The number of anilines is 2. The smallest absolute Gasteiger partial charge is 0.331 e. The normalized spacial score (nSPS) is 13.3. The van der Waals surface area contributed by atoms with E-state index >= 15 is 0 Å². The minimum absolute atomic E-state index is 0.0407. The summed E-state index contributed by atoms with van der Waals surface area (Å²) in [5.74, 6) is -0.121. The Morgan fingerprint density at radius 1 is 1.30 bits per heavy atom. The van der Waals surface area contributed by atoms with Gasteiger partial charge >= 0.3 is 5.97 Å². The second-order valence-electron chi connectivity index (χ2n) is 5.36. The van der Waals surface area contributed by atoms with Gasteiger partial charge < -0.3 is 15.0 Å². The Labute approximate surface area is 138 Å². The highest BCUT2D eigenvalue weighted by Gasteiger charge is 2.25. The average molecular weight is 331 g/mol. The Balaban J connectivity index is 1.75. The van der Waals surface area contributed by atoms with Crippen LogP contribution in [-0.2, 0) is 9.59 Å². The van der Waals surface area contributed by atoms with Crippen molar-refractivity contribution >= 4 is 34.9 Å². The van der Waals surface area contributed by atoms with E-state index in [2.05, 4.69) is 5.32 Å². The third-order valence-corrected chi connectivity index (χ3v) is 3.68. The molecule has 0 spiro atoms.